The molecule has 0 aromatic heterocycles. The Morgan fingerprint density at radius 1 is 1.13 bits per heavy atom. The van der Waals surface area contributed by atoms with E-state index in [1.165, 1.54) is 38.5 Å². The first-order valence-electron chi connectivity index (χ1n) is 6.46. The molecule has 0 amide bonds. The predicted molar refractivity (Wildman–Crippen MR) is 66.4 cm³/mol. The first kappa shape index (κ1) is 11.5. The fourth-order valence-electron chi connectivity index (χ4n) is 3.17. The second-order valence-electron chi connectivity index (χ2n) is 5.37. The van der Waals surface area contributed by atoms with Crippen molar-refractivity contribution in [1.82, 2.24) is 0 Å². The highest BCUT2D eigenvalue weighted by molar-refractivity contribution is 7.82. The van der Waals surface area contributed by atoms with Gasteiger partial charge in [0.2, 0.25) is 0 Å². The van der Waals surface area contributed by atoms with Gasteiger partial charge in [0.25, 0.3) is 0 Å². The van der Waals surface area contributed by atoms with E-state index in [0.29, 0.717) is 5.78 Å². The van der Waals surface area contributed by atoms with E-state index in [2.05, 4.69) is 12.6 Å². The summed E-state index contributed by atoms with van der Waals surface area (Å²) >= 11 is 4.67. The van der Waals surface area contributed by atoms with Crippen LogP contribution in [0.25, 0.3) is 0 Å². The molecule has 0 spiro atoms. The highest BCUT2D eigenvalue weighted by Gasteiger charge is 2.39. The Morgan fingerprint density at radius 2 is 1.80 bits per heavy atom. The lowest BCUT2D eigenvalue weighted by Crippen LogP contribution is -2.29. The largest absolute Gasteiger partial charge is 0.298 e. The van der Waals surface area contributed by atoms with Crippen LogP contribution in [0.1, 0.15) is 64.2 Å². The summed E-state index contributed by atoms with van der Waals surface area (Å²) in [5, 5.41) is 0. The van der Waals surface area contributed by atoms with Crippen LogP contribution in [0.4, 0.5) is 0 Å². The maximum Gasteiger partial charge on any atom is 0.148 e. The third-order valence-electron chi connectivity index (χ3n) is 4.11. The number of thiol groups is 1. The molecular weight excluding hydrogens is 204 g/mol. The minimum atomic E-state index is -0.241. The molecule has 2 fully saturated rings. The van der Waals surface area contributed by atoms with E-state index in [1.807, 2.05) is 0 Å². The molecule has 2 saturated carbocycles. The van der Waals surface area contributed by atoms with Crippen molar-refractivity contribution in [3.05, 3.63) is 0 Å². The molecule has 2 aliphatic carbocycles. The van der Waals surface area contributed by atoms with Gasteiger partial charge in [-0.15, -0.1) is 0 Å². The van der Waals surface area contributed by atoms with Gasteiger partial charge in [0.05, 0.1) is 4.75 Å². The SMILES string of the molecule is O=C1CCCC1(S)CC1CCCCCC1. The van der Waals surface area contributed by atoms with Gasteiger partial charge in [-0.2, -0.15) is 12.6 Å². The predicted octanol–water partition coefficient (Wildman–Crippen LogP) is 3.77. The zero-order valence-corrected chi connectivity index (χ0v) is 10.4. The molecule has 1 nitrogen and oxygen atoms in total. The standard InChI is InChI=1S/C13H22OS/c14-12-8-5-9-13(12,15)10-11-6-3-1-2-4-7-11/h11,15H,1-10H2. The second kappa shape index (κ2) is 4.90. The molecule has 1 unspecified atom stereocenters. The molecule has 0 saturated heterocycles. The van der Waals surface area contributed by atoms with Crippen molar-refractivity contribution in [2.75, 3.05) is 0 Å². The van der Waals surface area contributed by atoms with Gasteiger partial charge in [0.15, 0.2) is 0 Å². The van der Waals surface area contributed by atoms with Gasteiger partial charge in [-0.3, -0.25) is 4.79 Å². The highest BCUT2D eigenvalue weighted by atomic mass is 32.1. The van der Waals surface area contributed by atoms with Crippen molar-refractivity contribution in [3.63, 3.8) is 0 Å². The molecule has 86 valence electrons. The van der Waals surface area contributed by atoms with Gasteiger partial charge in [0.1, 0.15) is 5.78 Å². The maximum atomic E-state index is 11.8. The Balaban J connectivity index is 1.91. The number of Topliss-reactive ketones (excluding diaryl/α,β-unsaturated/α-hetero) is 1. The number of ketones is 1. The molecule has 15 heavy (non-hydrogen) atoms. The highest BCUT2D eigenvalue weighted by Crippen LogP contribution is 2.40. The summed E-state index contributed by atoms with van der Waals surface area (Å²) in [6.07, 6.45) is 12.1. The lowest BCUT2D eigenvalue weighted by atomic mass is 9.87. The average Bonchev–Trinajstić information content (AvgIpc) is 2.44. The van der Waals surface area contributed by atoms with E-state index in [-0.39, 0.29) is 4.75 Å². The molecule has 1 atom stereocenters. The number of rotatable bonds is 2. The Labute approximate surface area is 98.4 Å². The van der Waals surface area contributed by atoms with Crippen molar-refractivity contribution in [2.45, 2.75) is 69.0 Å². The van der Waals surface area contributed by atoms with E-state index in [0.717, 1.165) is 31.6 Å². The molecule has 0 aromatic rings. The van der Waals surface area contributed by atoms with E-state index in [4.69, 9.17) is 0 Å². The zero-order chi connectivity index (χ0) is 10.7. The lowest BCUT2D eigenvalue weighted by molar-refractivity contribution is -0.119. The van der Waals surface area contributed by atoms with Gasteiger partial charge in [0, 0.05) is 6.42 Å². The van der Waals surface area contributed by atoms with Crippen molar-refractivity contribution in [1.29, 1.82) is 0 Å². The first-order valence-corrected chi connectivity index (χ1v) is 6.91. The van der Waals surface area contributed by atoms with Crippen LogP contribution in [-0.4, -0.2) is 10.5 Å². The van der Waals surface area contributed by atoms with Crippen LogP contribution in [-0.2, 0) is 4.79 Å². The third kappa shape index (κ3) is 2.77. The van der Waals surface area contributed by atoms with Crippen molar-refractivity contribution >= 4 is 18.4 Å². The molecule has 2 heteroatoms. The quantitative estimate of drug-likeness (QED) is 0.560. The van der Waals surface area contributed by atoms with E-state index >= 15 is 0 Å². The van der Waals surface area contributed by atoms with Crippen LogP contribution in [0.2, 0.25) is 0 Å². The van der Waals surface area contributed by atoms with E-state index in [9.17, 15) is 4.79 Å². The molecule has 0 heterocycles. The fraction of sp³-hybridized carbons (Fsp3) is 0.923. The number of hydrogen-bond donors (Lipinski definition) is 1. The third-order valence-corrected chi connectivity index (χ3v) is 4.77. The zero-order valence-electron chi connectivity index (χ0n) is 9.50. The first-order chi connectivity index (χ1) is 7.21. The van der Waals surface area contributed by atoms with Crippen LogP contribution in [0.15, 0.2) is 0 Å². The molecular formula is C13H22OS. The van der Waals surface area contributed by atoms with Crippen LogP contribution in [0, 0.1) is 5.92 Å². The summed E-state index contributed by atoms with van der Waals surface area (Å²) in [6, 6.07) is 0. The average molecular weight is 226 g/mol. The summed E-state index contributed by atoms with van der Waals surface area (Å²) in [5.74, 6) is 1.18. The minimum Gasteiger partial charge on any atom is -0.298 e. The van der Waals surface area contributed by atoms with Gasteiger partial charge < -0.3 is 0 Å². The summed E-state index contributed by atoms with van der Waals surface area (Å²) in [4.78, 5) is 11.8. The van der Waals surface area contributed by atoms with Gasteiger partial charge in [-0.1, -0.05) is 38.5 Å². The van der Waals surface area contributed by atoms with E-state index in [1.54, 1.807) is 0 Å². The van der Waals surface area contributed by atoms with Crippen LogP contribution < -0.4 is 0 Å². The molecule has 0 N–H and O–H groups in total. The topological polar surface area (TPSA) is 17.1 Å². The molecule has 0 aromatic carbocycles. The smallest absolute Gasteiger partial charge is 0.148 e. The number of carbonyl (C=O) groups is 1. The Kier molecular flexibility index (Phi) is 3.76. The monoisotopic (exact) mass is 226 g/mol. The van der Waals surface area contributed by atoms with E-state index < -0.39 is 0 Å². The van der Waals surface area contributed by atoms with Crippen LogP contribution in [0.3, 0.4) is 0 Å². The number of carbonyl (C=O) groups excluding carboxylic acids is 1. The summed E-state index contributed by atoms with van der Waals surface area (Å²) in [7, 11) is 0. The second-order valence-corrected chi connectivity index (χ2v) is 6.23. The van der Waals surface area contributed by atoms with Gasteiger partial charge in [-0.05, 0) is 25.2 Å². The van der Waals surface area contributed by atoms with Crippen molar-refractivity contribution in [2.24, 2.45) is 5.92 Å². The van der Waals surface area contributed by atoms with Gasteiger partial charge >= 0.3 is 0 Å². The van der Waals surface area contributed by atoms with Crippen LogP contribution >= 0.6 is 12.6 Å². The minimum absolute atomic E-state index is 0.241. The van der Waals surface area contributed by atoms with Crippen LogP contribution in [0.5, 0.6) is 0 Å². The molecule has 2 rings (SSSR count). The molecule has 0 radical (unpaired) electrons. The Bertz CT molecular complexity index is 231. The fourth-order valence-corrected chi connectivity index (χ4v) is 3.70. The molecule has 0 bridgehead atoms. The maximum absolute atomic E-state index is 11.8. The number of hydrogen-bond acceptors (Lipinski definition) is 2. The summed E-state index contributed by atoms with van der Waals surface area (Å²) in [6.45, 7) is 0. The summed E-state index contributed by atoms with van der Waals surface area (Å²) in [5.41, 5.74) is 0. The lowest BCUT2D eigenvalue weighted by Gasteiger charge is -2.26. The van der Waals surface area contributed by atoms with Gasteiger partial charge in [-0.25, -0.2) is 0 Å². The van der Waals surface area contributed by atoms with Crippen molar-refractivity contribution in [3.8, 4) is 0 Å². The Morgan fingerprint density at radius 3 is 2.33 bits per heavy atom. The Hall–Kier alpha value is 0.0200. The normalized spacial score (nSPS) is 34.3. The summed E-state index contributed by atoms with van der Waals surface area (Å²) < 4.78 is -0.241. The molecule has 0 aliphatic heterocycles. The van der Waals surface area contributed by atoms with Crippen molar-refractivity contribution < 1.29 is 4.79 Å². The molecule has 2 aliphatic rings.